The van der Waals surface area contributed by atoms with Crippen LogP contribution in [0.15, 0.2) is 116 Å². The highest BCUT2D eigenvalue weighted by molar-refractivity contribution is 7.25. The fourth-order valence-corrected chi connectivity index (χ4v) is 7.01. The predicted octanol–water partition coefficient (Wildman–Crippen LogP) is 9.61. The van der Waals surface area contributed by atoms with Crippen molar-refractivity contribution in [3.05, 3.63) is 121 Å². The molecule has 0 bridgehead atoms. The summed E-state index contributed by atoms with van der Waals surface area (Å²) in [6.07, 6.45) is 11.4. The van der Waals surface area contributed by atoms with Gasteiger partial charge in [-0.25, -0.2) is 15.0 Å². The zero-order valence-corrected chi connectivity index (χ0v) is 23.2. The van der Waals surface area contributed by atoms with Gasteiger partial charge in [0, 0.05) is 55.0 Å². The molecule has 4 aromatic carbocycles. The highest BCUT2D eigenvalue weighted by Crippen LogP contribution is 2.41. The molecule has 3 heterocycles. The van der Waals surface area contributed by atoms with Crippen LogP contribution in [0.5, 0.6) is 0 Å². The van der Waals surface area contributed by atoms with Crippen LogP contribution in [0.3, 0.4) is 0 Å². The molecule has 1 aliphatic carbocycles. The van der Waals surface area contributed by atoms with Crippen molar-refractivity contribution in [2.24, 2.45) is 0 Å². The molecule has 0 saturated carbocycles. The molecule has 8 rings (SSSR count). The summed E-state index contributed by atoms with van der Waals surface area (Å²) >= 11 is 1.82. The minimum Gasteiger partial charge on any atom is -0.264 e. The van der Waals surface area contributed by atoms with Gasteiger partial charge in [0.25, 0.3) is 0 Å². The largest absolute Gasteiger partial charge is 0.264 e. The second-order valence-electron chi connectivity index (χ2n) is 10.6. The fourth-order valence-electron chi connectivity index (χ4n) is 5.90. The van der Waals surface area contributed by atoms with Gasteiger partial charge in [-0.05, 0) is 66.1 Å². The summed E-state index contributed by atoms with van der Waals surface area (Å²) < 4.78 is 2.50. The van der Waals surface area contributed by atoms with Gasteiger partial charge in [-0.3, -0.25) is 4.98 Å². The molecule has 4 nitrogen and oxygen atoms in total. The van der Waals surface area contributed by atoms with Gasteiger partial charge in [0.2, 0.25) is 0 Å². The smallest absolute Gasteiger partial charge is 0.164 e. The van der Waals surface area contributed by atoms with Crippen molar-refractivity contribution in [3.8, 4) is 33.9 Å². The van der Waals surface area contributed by atoms with E-state index in [0.717, 1.165) is 53.2 Å². The number of thiophene rings is 1. The van der Waals surface area contributed by atoms with Crippen molar-refractivity contribution in [2.45, 2.75) is 25.2 Å². The highest BCUT2D eigenvalue weighted by Gasteiger charge is 2.21. The number of fused-ring (bicyclic) bond motifs is 4. The van der Waals surface area contributed by atoms with E-state index < -0.39 is 0 Å². The van der Waals surface area contributed by atoms with Gasteiger partial charge in [-0.1, -0.05) is 72.8 Å². The summed E-state index contributed by atoms with van der Waals surface area (Å²) in [5.41, 5.74) is 4.44. The Bertz CT molecular complexity index is 2090. The molecule has 0 radical (unpaired) electrons. The molecule has 7 aromatic rings. The van der Waals surface area contributed by atoms with E-state index >= 15 is 0 Å². The van der Waals surface area contributed by atoms with Gasteiger partial charge in [0.05, 0.1) is 0 Å². The van der Waals surface area contributed by atoms with Crippen molar-refractivity contribution in [3.63, 3.8) is 0 Å². The molecular formula is C36H26N4S. The van der Waals surface area contributed by atoms with Gasteiger partial charge < -0.3 is 0 Å². The second kappa shape index (κ2) is 10.0. The summed E-state index contributed by atoms with van der Waals surface area (Å²) in [7, 11) is 0. The molecule has 3 aromatic heterocycles. The van der Waals surface area contributed by atoms with Crippen molar-refractivity contribution in [1.29, 1.82) is 0 Å². The lowest BCUT2D eigenvalue weighted by Gasteiger charge is -2.18. The van der Waals surface area contributed by atoms with Crippen LogP contribution in [0.1, 0.15) is 31.0 Å². The summed E-state index contributed by atoms with van der Waals surface area (Å²) in [5, 5.41) is 4.77. The van der Waals surface area contributed by atoms with Gasteiger partial charge >= 0.3 is 0 Å². The molecule has 0 spiro atoms. The first-order chi connectivity index (χ1) is 20.3. The van der Waals surface area contributed by atoms with E-state index in [1.165, 1.54) is 36.7 Å². The maximum atomic E-state index is 5.15. The van der Waals surface area contributed by atoms with Crippen molar-refractivity contribution in [1.82, 2.24) is 19.9 Å². The maximum Gasteiger partial charge on any atom is 0.164 e. The van der Waals surface area contributed by atoms with Crippen LogP contribution in [-0.4, -0.2) is 19.9 Å². The van der Waals surface area contributed by atoms with Crippen LogP contribution in [0, 0.1) is 0 Å². The first kappa shape index (κ1) is 24.1. The third-order valence-electron chi connectivity index (χ3n) is 8.03. The lowest BCUT2D eigenvalue weighted by molar-refractivity contribution is 0.581. The molecule has 196 valence electrons. The Morgan fingerprint density at radius 3 is 2.44 bits per heavy atom. The van der Waals surface area contributed by atoms with E-state index in [4.69, 9.17) is 15.0 Å². The van der Waals surface area contributed by atoms with Crippen LogP contribution in [0.25, 0.3) is 64.8 Å². The SMILES string of the molecule is C1=CCC(c2nc(-c3ccccc3)nc(-c3cccc4sc5ccc(-c6ccc7ccncc7c6)cc5c34)n2)CC1. The Hall–Kier alpha value is -4.74. The molecule has 0 saturated heterocycles. The van der Waals surface area contributed by atoms with Gasteiger partial charge in [0.15, 0.2) is 11.6 Å². The number of allylic oxidation sites excluding steroid dienone is 2. The molecule has 1 atom stereocenters. The van der Waals surface area contributed by atoms with Crippen LogP contribution in [0.4, 0.5) is 0 Å². The number of benzene rings is 4. The van der Waals surface area contributed by atoms with Crippen LogP contribution in [-0.2, 0) is 0 Å². The van der Waals surface area contributed by atoms with Crippen LogP contribution in [0.2, 0.25) is 0 Å². The fraction of sp³-hybridized carbons (Fsp3) is 0.111. The topological polar surface area (TPSA) is 51.6 Å². The molecule has 41 heavy (non-hydrogen) atoms. The second-order valence-corrected chi connectivity index (χ2v) is 11.7. The molecule has 1 aliphatic rings. The average Bonchev–Trinajstić information content (AvgIpc) is 3.43. The molecule has 0 N–H and O–H groups in total. The van der Waals surface area contributed by atoms with Crippen LogP contribution < -0.4 is 0 Å². The minimum absolute atomic E-state index is 0.302. The van der Waals surface area contributed by atoms with Crippen molar-refractivity contribution < 1.29 is 0 Å². The Morgan fingerprint density at radius 1 is 0.659 bits per heavy atom. The maximum absolute atomic E-state index is 5.15. The van der Waals surface area contributed by atoms with Gasteiger partial charge in [0.1, 0.15) is 5.82 Å². The van der Waals surface area contributed by atoms with Crippen molar-refractivity contribution >= 4 is 42.3 Å². The minimum atomic E-state index is 0.302. The van der Waals surface area contributed by atoms with E-state index in [1.807, 2.05) is 41.9 Å². The number of hydrogen-bond donors (Lipinski definition) is 0. The Labute approximate surface area is 242 Å². The van der Waals surface area contributed by atoms with E-state index in [-0.39, 0.29) is 0 Å². The van der Waals surface area contributed by atoms with E-state index in [1.54, 1.807) is 0 Å². The zero-order chi connectivity index (χ0) is 27.2. The summed E-state index contributed by atoms with van der Waals surface area (Å²) in [5.74, 6) is 2.68. The summed E-state index contributed by atoms with van der Waals surface area (Å²) in [4.78, 5) is 19.6. The molecule has 0 aliphatic heterocycles. The van der Waals surface area contributed by atoms with Crippen LogP contribution >= 0.6 is 11.3 Å². The number of aromatic nitrogens is 4. The molecular weight excluding hydrogens is 520 g/mol. The lowest BCUT2D eigenvalue weighted by Crippen LogP contribution is -2.10. The normalized spacial score (nSPS) is 15.2. The summed E-state index contributed by atoms with van der Waals surface area (Å²) in [6.45, 7) is 0. The Balaban J connectivity index is 1.33. The van der Waals surface area contributed by atoms with E-state index in [0.29, 0.717) is 5.92 Å². The zero-order valence-electron chi connectivity index (χ0n) is 22.4. The molecule has 1 unspecified atom stereocenters. The third kappa shape index (κ3) is 4.39. The highest BCUT2D eigenvalue weighted by atomic mass is 32.1. The monoisotopic (exact) mass is 546 g/mol. The number of pyridine rings is 1. The van der Waals surface area contributed by atoms with E-state index in [9.17, 15) is 0 Å². The average molecular weight is 547 g/mol. The number of hydrogen-bond acceptors (Lipinski definition) is 5. The number of nitrogens with zero attached hydrogens (tertiary/aromatic N) is 4. The molecule has 0 amide bonds. The Morgan fingerprint density at radius 2 is 1.54 bits per heavy atom. The first-order valence-corrected chi connectivity index (χ1v) is 14.9. The Kier molecular flexibility index (Phi) is 5.89. The lowest BCUT2D eigenvalue weighted by atomic mass is 9.93. The molecule has 0 fully saturated rings. The third-order valence-corrected chi connectivity index (χ3v) is 9.16. The molecule has 5 heteroatoms. The standard InChI is InChI=1S/C36H26N4S/c1-3-8-24(9-4-1)34-38-35(25-10-5-2-6-11-25)40-36(39-34)29-12-7-13-32-33(29)30-21-27(16-17-31(30)41-32)26-15-14-23-18-19-37-22-28(23)20-26/h1-5,7-9,12-22,25H,6,10-11H2. The summed E-state index contributed by atoms with van der Waals surface area (Å²) in [6, 6.07) is 32.2. The quantitative estimate of drug-likeness (QED) is 0.206. The van der Waals surface area contributed by atoms with Gasteiger partial charge in [-0.2, -0.15) is 0 Å². The first-order valence-electron chi connectivity index (χ1n) is 14.1. The predicted molar refractivity (Wildman–Crippen MR) is 170 cm³/mol. The van der Waals surface area contributed by atoms with Gasteiger partial charge in [-0.15, -0.1) is 11.3 Å². The van der Waals surface area contributed by atoms with E-state index in [2.05, 4.69) is 89.9 Å². The number of rotatable bonds is 4. The van der Waals surface area contributed by atoms with Crippen molar-refractivity contribution in [2.75, 3.05) is 0 Å².